The minimum atomic E-state index is -8.01. The Labute approximate surface area is 856 Å². The lowest BCUT2D eigenvalue weighted by Gasteiger charge is -2.35. The maximum absolute atomic E-state index is 14.1. The zero-order valence-corrected chi connectivity index (χ0v) is 83.3. The SMILES string of the molecule is C.C.C.C.C.C.C.C.CCC(C)(C)C(=O)OC(C)c1ccc(C(C)(C)C)cc1.CCC(C)(C)C(=O)OCCc1ccc(OS(=O)(=O)C(F)(F)C(F)(F)C(F)(F)S(=O)(=O)[N-]S(=O)(=O)C(F)(F)F)cc1.CCC(C)c1ccc(O)cc1.CCC(C)c1ccc(OS(=O)(=O)C(F)(F)C(F)(F)C(F)(F)S(=O)(=O)[O-])cc1.CCCCOc1ccc([S+]2CCCC2)c2ccccc12.c1ccc([S+](c2ccccc2)c2ccccc2)cc1. The maximum Gasteiger partial charge on any atom is 0.480 e. The number of sulfonamides is 2. The van der Waals surface area contributed by atoms with Crippen LogP contribution >= 0.6 is 0 Å². The second-order valence-electron chi connectivity index (χ2n) is 33.6. The number of rotatable bonds is 35. The van der Waals surface area contributed by atoms with Crippen LogP contribution in [0.25, 0.3) is 14.9 Å². The quantitative estimate of drug-likeness (QED) is 0.00963. The third-order valence-corrected chi connectivity index (χ3v) is 32.9. The molecule has 0 amide bonds. The number of carbonyl (C=O) groups excluding carboxylic acids is 2. The van der Waals surface area contributed by atoms with Crippen molar-refractivity contribution in [3.05, 3.63) is 256 Å². The molecule has 3 atom stereocenters. The zero-order valence-electron chi connectivity index (χ0n) is 77.6. The Morgan fingerprint density at radius 1 is 0.434 bits per heavy atom. The molecule has 9 aromatic rings. The Hall–Kier alpha value is -9.30. The lowest BCUT2D eigenvalue weighted by Crippen LogP contribution is -2.61. The number of fused-ring (bicyclic) bond motifs is 1. The number of aromatic hydroxyl groups is 1. The highest BCUT2D eigenvalue weighted by Crippen LogP contribution is 2.55. The van der Waals surface area contributed by atoms with E-state index >= 15 is 0 Å². The largest absolute Gasteiger partial charge is 0.743 e. The lowest BCUT2D eigenvalue weighted by atomic mass is 9.86. The van der Waals surface area contributed by atoms with Gasteiger partial charge in [0.05, 0.1) is 34.9 Å². The molecule has 1 fully saturated rings. The van der Waals surface area contributed by atoms with Gasteiger partial charge in [0, 0.05) is 28.1 Å². The van der Waals surface area contributed by atoms with Crippen LogP contribution in [0.5, 0.6) is 23.0 Å². The van der Waals surface area contributed by atoms with Crippen molar-refractivity contribution in [1.29, 1.82) is 0 Å². The van der Waals surface area contributed by atoms with Gasteiger partial charge in [0.15, 0.2) is 49.7 Å². The van der Waals surface area contributed by atoms with E-state index in [1.807, 2.05) is 46.8 Å². The molecule has 1 N–H and O–H groups in total. The first-order valence-corrected chi connectivity index (χ1v) is 52.7. The number of hydrogen-bond acceptors (Lipinski definition) is 19. The molecule has 1 saturated heterocycles. The first kappa shape index (κ1) is 142. The van der Waals surface area contributed by atoms with Crippen LogP contribution in [-0.4, -0.2) is 127 Å². The lowest BCUT2D eigenvalue weighted by molar-refractivity contribution is -0.247. The van der Waals surface area contributed by atoms with Crippen LogP contribution in [-0.2, 0) is 103 Å². The average molecular weight is 2210 g/mol. The maximum atomic E-state index is 14.1. The Morgan fingerprint density at radius 2 is 0.800 bits per heavy atom. The average Bonchev–Trinajstić information content (AvgIpc) is 0.816. The molecule has 1 heterocycles. The number of nitrogens with zero attached hydrogens (tertiary/aromatic N) is 1. The number of unbranched alkanes of at least 4 members (excludes halogenated alkanes) is 1. The van der Waals surface area contributed by atoms with Crippen LogP contribution < -0.4 is 13.1 Å². The summed E-state index contributed by atoms with van der Waals surface area (Å²) in [4.78, 5) is 29.6. The van der Waals surface area contributed by atoms with E-state index in [9.17, 15) is 122 Å². The van der Waals surface area contributed by atoms with E-state index in [4.69, 9.17) is 19.3 Å². The van der Waals surface area contributed by atoms with Gasteiger partial charge in [-0.3, -0.25) is 9.59 Å². The number of benzene rings is 9. The van der Waals surface area contributed by atoms with Gasteiger partial charge < -0.3 is 36.4 Å². The minimum Gasteiger partial charge on any atom is -0.743 e. The number of phenols is 1. The summed E-state index contributed by atoms with van der Waals surface area (Å²) in [7, 11) is -36.4. The Kier molecular flexibility index (Phi) is 57.4. The van der Waals surface area contributed by atoms with Crippen molar-refractivity contribution in [3.63, 3.8) is 0 Å². The highest BCUT2D eigenvalue weighted by atomic mass is 32.3. The van der Waals surface area contributed by atoms with Gasteiger partial charge in [0.25, 0.3) is 0 Å². The molecule has 0 bridgehead atoms. The number of halogens is 15. The van der Waals surface area contributed by atoms with Gasteiger partial charge >= 0.3 is 70.5 Å². The van der Waals surface area contributed by atoms with E-state index in [1.165, 1.54) is 79.5 Å². The highest BCUT2D eigenvalue weighted by Gasteiger charge is 2.83. The van der Waals surface area contributed by atoms with E-state index < -0.39 is 117 Å². The van der Waals surface area contributed by atoms with E-state index in [2.05, 4.69) is 202 Å². The summed E-state index contributed by atoms with van der Waals surface area (Å²) in [5.74, 6) is -12.8. The number of ether oxygens (including phenoxy) is 3. The van der Waals surface area contributed by atoms with Crippen molar-refractivity contribution < 1.29 is 150 Å². The van der Waals surface area contributed by atoms with Crippen molar-refractivity contribution in [1.82, 2.24) is 0 Å². The molecule has 1 aliphatic heterocycles. The molecule has 0 spiro atoms. The van der Waals surface area contributed by atoms with Crippen LogP contribution in [0.1, 0.15) is 260 Å². The fourth-order valence-corrected chi connectivity index (χ4v) is 20.9. The van der Waals surface area contributed by atoms with Crippen LogP contribution in [0.15, 0.2) is 244 Å². The molecule has 1 aliphatic rings. The summed E-state index contributed by atoms with van der Waals surface area (Å²) in [5.41, 5.74) is -3.34. The van der Waals surface area contributed by atoms with Gasteiger partial charge in [-0.1, -0.05) is 269 Å². The first-order chi connectivity index (χ1) is 63.2. The molecule has 20 nitrogen and oxygen atoms in total. The van der Waals surface area contributed by atoms with Crippen molar-refractivity contribution in [2.75, 3.05) is 24.7 Å². The summed E-state index contributed by atoms with van der Waals surface area (Å²) in [6.45, 7) is 30.0. The normalized spacial score (nSPS) is 13.4. The van der Waals surface area contributed by atoms with E-state index in [1.54, 1.807) is 44.7 Å². The number of phenolic OH excluding ortho intramolecular Hbond substituents is 1. The summed E-state index contributed by atoms with van der Waals surface area (Å²) >= 11 is 0. The molecule has 0 saturated carbocycles. The fourth-order valence-electron chi connectivity index (χ4n) is 11.7. The van der Waals surface area contributed by atoms with E-state index in [0.717, 1.165) is 61.4 Å². The van der Waals surface area contributed by atoms with Crippen molar-refractivity contribution >= 4 is 94.9 Å². The minimum absolute atomic E-state index is 0. The molecule has 10 rings (SSSR count). The Bertz CT molecular complexity index is 5880. The molecule has 0 radical (unpaired) electrons. The van der Waals surface area contributed by atoms with Gasteiger partial charge in [0.1, 0.15) is 40.6 Å². The van der Waals surface area contributed by atoms with Crippen LogP contribution in [0.4, 0.5) is 65.9 Å². The van der Waals surface area contributed by atoms with Crippen molar-refractivity contribution in [2.45, 2.75) is 302 Å². The summed E-state index contributed by atoms with van der Waals surface area (Å²) in [6.07, 6.45) is 7.88. The molecule has 3 unspecified atom stereocenters. The first-order valence-electron chi connectivity index (χ1n) is 42.8. The van der Waals surface area contributed by atoms with Crippen LogP contribution in [0.2, 0.25) is 0 Å². The topological polar surface area (TPSA) is 308 Å². The molecule has 145 heavy (non-hydrogen) atoms. The predicted octanol–water partition coefficient (Wildman–Crippen LogP) is 30.2. The predicted molar refractivity (Wildman–Crippen MR) is 551 cm³/mol. The van der Waals surface area contributed by atoms with E-state index in [0.29, 0.717) is 57.2 Å². The summed E-state index contributed by atoms with van der Waals surface area (Å²) in [5, 5.41) is -16.7. The van der Waals surface area contributed by atoms with Gasteiger partial charge in [-0.15, -0.1) is 0 Å². The summed E-state index contributed by atoms with van der Waals surface area (Å²) < 4.78 is 346. The standard InChI is InChI=1S/C18H19F9NO9S3.C18H28O2.C18H23OS.C18H15S.C13H14F6O6S2.C10H14O.8CH4/c1-4-14(2,3)13(29)36-10-9-11-5-7-12(8-6-11)37-40(34,35)17(23,24)15(19,20)16(21,22)38(30,31)28-39(32,33)18(25,26)27;1-8-18(6,7)16(19)20-13(2)14-9-11-15(12-10-14)17(3,4)5;1-2-3-12-19-17-10-11-18(20-13-6-7-14-20)16-9-5-4-8-15(16)17;1-4-10-16(11-5-1)19(17-12-6-2-7-13-17)18-14-8-3-9-15-18;1-3-8(2)9-4-6-10(7-5-9)25-27(23,24)13(18,19)11(14,15)12(16,17)26(20,21)22;1-3-8(2)9-4-6-10(11)7-5-9;;;;;;;;/h5-8H,4,9-10H2,1-3H3;9-13H,8H2,1-7H3;4-5,8-11H,2-3,6-7,12-14H2,1H3;1-15H;4-8H,3H2,1-2H3,(H,20,21,22);4-8,11H,3H2,1-2H3;8*1H4/q-1;;2*+1;;;;;;;;;;/p-1. The second kappa shape index (κ2) is 58.6. The Morgan fingerprint density at radius 3 is 1.17 bits per heavy atom. The van der Waals surface area contributed by atoms with E-state index in [-0.39, 0.29) is 112 Å². The zero-order chi connectivity index (χ0) is 104. The summed E-state index contributed by atoms with van der Waals surface area (Å²) in [6, 6.07) is 68.3. The molecular formula is C103H144F15NO19S7. The van der Waals surface area contributed by atoms with Crippen LogP contribution in [0, 0.1) is 10.8 Å². The number of carbonyl (C=O) groups is 2. The monoisotopic (exact) mass is 2210 g/mol. The number of esters is 2. The molecule has 0 aliphatic carbocycles. The van der Waals surface area contributed by atoms with Gasteiger partial charge in [-0.2, -0.15) is 82.7 Å². The molecule has 9 aromatic carbocycles. The van der Waals surface area contributed by atoms with Gasteiger partial charge in [-0.25, -0.2) is 25.3 Å². The van der Waals surface area contributed by atoms with Crippen molar-refractivity contribution in [2.24, 2.45) is 10.8 Å². The van der Waals surface area contributed by atoms with Gasteiger partial charge in [0.2, 0.25) is 0 Å². The third-order valence-electron chi connectivity index (χ3n) is 21.6. The van der Waals surface area contributed by atoms with Crippen LogP contribution in [0.3, 0.4) is 0 Å². The van der Waals surface area contributed by atoms with Crippen molar-refractivity contribution in [3.8, 4) is 23.0 Å². The molecule has 42 heteroatoms. The van der Waals surface area contributed by atoms with Gasteiger partial charge in [-0.05, 0) is 216 Å². The highest BCUT2D eigenvalue weighted by molar-refractivity contribution is 8.13. The fraction of sp³-hybridized carbons (Fsp3) is 0.476. The number of hydrogen-bond donors (Lipinski definition) is 1. The third kappa shape index (κ3) is 36.9. The molecule has 0 aromatic heterocycles. The smallest absolute Gasteiger partial charge is 0.480 e. The molecule has 822 valence electrons. The second-order valence-corrected chi connectivity index (χ2v) is 45.9. The molecular weight excluding hydrogens is 2060 g/mol. The number of alkyl halides is 15. The Balaban J connectivity index is -0.000000842.